The summed E-state index contributed by atoms with van der Waals surface area (Å²) < 4.78 is 5.45. The number of likely N-dealkylation sites (tertiary alicyclic amines) is 1. The van der Waals surface area contributed by atoms with Crippen LogP contribution >= 0.6 is 0 Å². The van der Waals surface area contributed by atoms with E-state index in [-0.39, 0.29) is 0 Å². The Labute approximate surface area is 128 Å². The number of hydrogen-bond donors (Lipinski definition) is 1. The van der Waals surface area contributed by atoms with Crippen molar-refractivity contribution in [2.45, 2.75) is 26.0 Å². The Bertz CT molecular complexity index is 462. The first-order valence-corrected chi connectivity index (χ1v) is 7.71. The molecule has 0 spiro atoms. The van der Waals surface area contributed by atoms with E-state index in [1.54, 1.807) is 14.0 Å². The van der Waals surface area contributed by atoms with Crippen LogP contribution in [0.4, 0.5) is 0 Å². The van der Waals surface area contributed by atoms with Gasteiger partial charge in [0.1, 0.15) is 5.75 Å². The zero-order valence-corrected chi connectivity index (χ0v) is 13.7. The monoisotopic (exact) mass is 292 g/mol. The maximum absolute atomic E-state index is 9.74. The molecule has 1 saturated heterocycles. The van der Waals surface area contributed by atoms with E-state index in [4.69, 9.17) is 4.74 Å². The van der Waals surface area contributed by atoms with Crippen molar-refractivity contribution in [1.82, 2.24) is 9.80 Å². The van der Waals surface area contributed by atoms with Gasteiger partial charge in [-0.1, -0.05) is 6.07 Å². The normalized spacial score (nSPS) is 21.0. The Morgan fingerprint density at radius 2 is 2.24 bits per heavy atom. The molecule has 0 saturated carbocycles. The lowest BCUT2D eigenvalue weighted by Crippen LogP contribution is -2.27. The molecule has 4 nitrogen and oxygen atoms in total. The summed E-state index contributed by atoms with van der Waals surface area (Å²) in [5.41, 5.74) is 2.09. The van der Waals surface area contributed by atoms with E-state index in [9.17, 15) is 5.11 Å². The van der Waals surface area contributed by atoms with Gasteiger partial charge in [-0.05, 0) is 57.6 Å². The molecule has 1 heterocycles. The summed E-state index contributed by atoms with van der Waals surface area (Å²) >= 11 is 0. The highest BCUT2D eigenvalue weighted by Gasteiger charge is 2.21. The predicted octanol–water partition coefficient (Wildman–Crippen LogP) is 2.13. The Hall–Kier alpha value is -1.10. The van der Waals surface area contributed by atoms with Gasteiger partial charge in [0.15, 0.2) is 0 Å². The number of aliphatic hydroxyl groups is 1. The second-order valence-electron chi connectivity index (χ2n) is 6.36. The van der Waals surface area contributed by atoms with Crippen LogP contribution in [0.2, 0.25) is 0 Å². The summed E-state index contributed by atoms with van der Waals surface area (Å²) in [5.74, 6) is 1.65. The lowest BCUT2D eigenvalue weighted by Gasteiger charge is -2.22. The number of ether oxygens (including phenoxy) is 1. The molecule has 118 valence electrons. The van der Waals surface area contributed by atoms with Crippen LogP contribution in [0.15, 0.2) is 18.2 Å². The van der Waals surface area contributed by atoms with Crippen LogP contribution in [0.3, 0.4) is 0 Å². The van der Waals surface area contributed by atoms with E-state index in [2.05, 4.69) is 30.0 Å². The predicted molar refractivity (Wildman–Crippen MR) is 85.6 cm³/mol. The average Bonchev–Trinajstić information content (AvgIpc) is 2.83. The van der Waals surface area contributed by atoms with Crippen LogP contribution in [0, 0.1) is 5.92 Å². The SMILES string of the molecule is COc1ccc(C(C)O)cc1CN(C)CC1CCN(C)C1. The first-order chi connectivity index (χ1) is 9.99. The molecule has 21 heavy (non-hydrogen) atoms. The summed E-state index contributed by atoms with van der Waals surface area (Å²) in [6.07, 6.45) is 0.842. The van der Waals surface area contributed by atoms with Gasteiger partial charge in [0.2, 0.25) is 0 Å². The van der Waals surface area contributed by atoms with Crippen LogP contribution < -0.4 is 4.74 Å². The van der Waals surface area contributed by atoms with E-state index in [0.29, 0.717) is 0 Å². The highest BCUT2D eigenvalue weighted by Crippen LogP contribution is 2.25. The number of rotatable bonds is 6. The van der Waals surface area contributed by atoms with Crippen LogP contribution in [0.5, 0.6) is 5.75 Å². The molecule has 2 unspecified atom stereocenters. The van der Waals surface area contributed by atoms with Crippen molar-refractivity contribution in [3.8, 4) is 5.75 Å². The molecular formula is C17H28N2O2. The molecule has 1 fully saturated rings. The standard InChI is InChI=1S/C17H28N2O2/c1-13(20)15-5-6-17(21-4)16(9-15)12-19(3)11-14-7-8-18(2)10-14/h5-6,9,13-14,20H,7-8,10-12H2,1-4H3. The fraction of sp³-hybridized carbons (Fsp3) is 0.647. The Kier molecular flexibility index (Phi) is 5.62. The first-order valence-electron chi connectivity index (χ1n) is 7.71. The van der Waals surface area contributed by atoms with Gasteiger partial charge in [-0.25, -0.2) is 0 Å². The zero-order valence-electron chi connectivity index (χ0n) is 13.7. The van der Waals surface area contributed by atoms with Crippen LogP contribution in [0.1, 0.15) is 30.6 Å². The molecule has 2 rings (SSSR count). The lowest BCUT2D eigenvalue weighted by molar-refractivity contribution is 0.198. The van der Waals surface area contributed by atoms with Crippen LogP contribution in [0.25, 0.3) is 0 Å². The number of aliphatic hydroxyl groups excluding tert-OH is 1. The van der Waals surface area contributed by atoms with E-state index < -0.39 is 6.10 Å². The molecule has 1 aliphatic rings. The van der Waals surface area contributed by atoms with Crippen LogP contribution in [-0.4, -0.2) is 55.7 Å². The molecule has 1 aromatic carbocycles. The van der Waals surface area contributed by atoms with Crippen molar-refractivity contribution >= 4 is 0 Å². The largest absolute Gasteiger partial charge is 0.496 e. The quantitative estimate of drug-likeness (QED) is 0.871. The topological polar surface area (TPSA) is 35.9 Å². The third-order valence-corrected chi connectivity index (χ3v) is 4.29. The minimum Gasteiger partial charge on any atom is -0.496 e. The summed E-state index contributed by atoms with van der Waals surface area (Å²) in [6.45, 7) is 6.15. The van der Waals surface area contributed by atoms with Crippen LogP contribution in [-0.2, 0) is 6.54 Å². The Morgan fingerprint density at radius 3 is 2.81 bits per heavy atom. The molecule has 1 aliphatic heterocycles. The maximum Gasteiger partial charge on any atom is 0.123 e. The van der Waals surface area contributed by atoms with Gasteiger partial charge in [-0.3, -0.25) is 0 Å². The van der Waals surface area contributed by atoms with E-state index >= 15 is 0 Å². The average molecular weight is 292 g/mol. The molecule has 0 radical (unpaired) electrons. The second kappa shape index (κ2) is 7.25. The molecule has 0 aromatic heterocycles. The molecule has 1 aromatic rings. The lowest BCUT2D eigenvalue weighted by atomic mass is 10.0. The van der Waals surface area contributed by atoms with Gasteiger partial charge in [-0.2, -0.15) is 0 Å². The van der Waals surface area contributed by atoms with Crippen molar-refractivity contribution in [1.29, 1.82) is 0 Å². The zero-order chi connectivity index (χ0) is 15.4. The fourth-order valence-corrected chi connectivity index (χ4v) is 3.15. The number of nitrogens with zero attached hydrogens (tertiary/aromatic N) is 2. The Morgan fingerprint density at radius 1 is 1.48 bits per heavy atom. The number of hydrogen-bond acceptors (Lipinski definition) is 4. The number of methoxy groups -OCH3 is 1. The third kappa shape index (κ3) is 4.43. The highest BCUT2D eigenvalue weighted by molar-refractivity contribution is 5.38. The van der Waals surface area contributed by atoms with Gasteiger partial charge < -0.3 is 19.6 Å². The molecule has 0 amide bonds. The molecule has 0 aliphatic carbocycles. The fourth-order valence-electron chi connectivity index (χ4n) is 3.15. The molecule has 0 bridgehead atoms. The van der Waals surface area contributed by atoms with E-state index in [0.717, 1.165) is 35.9 Å². The third-order valence-electron chi connectivity index (χ3n) is 4.29. The van der Waals surface area contributed by atoms with Gasteiger partial charge >= 0.3 is 0 Å². The first kappa shape index (κ1) is 16.3. The summed E-state index contributed by atoms with van der Waals surface area (Å²) in [6, 6.07) is 5.94. The van der Waals surface area contributed by atoms with Crippen molar-refractivity contribution in [3.05, 3.63) is 29.3 Å². The maximum atomic E-state index is 9.74. The molecule has 1 N–H and O–H groups in total. The minimum absolute atomic E-state index is 0.441. The molecular weight excluding hydrogens is 264 g/mol. The minimum atomic E-state index is -0.441. The smallest absolute Gasteiger partial charge is 0.123 e. The summed E-state index contributed by atoms with van der Waals surface area (Å²) in [7, 11) is 6.05. The van der Waals surface area contributed by atoms with Crippen molar-refractivity contribution in [2.24, 2.45) is 5.92 Å². The van der Waals surface area contributed by atoms with Gasteiger partial charge in [0.25, 0.3) is 0 Å². The molecule has 4 heteroatoms. The number of benzene rings is 1. The van der Waals surface area contributed by atoms with Crippen molar-refractivity contribution in [2.75, 3.05) is 40.8 Å². The van der Waals surface area contributed by atoms with Crippen molar-refractivity contribution < 1.29 is 9.84 Å². The summed E-state index contributed by atoms with van der Waals surface area (Å²) in [5, 5.41) is 9.74. The second-order valence-corrected chi connectivity index (χ2v) is 6.36. The van der Waals surface area contributed by atoms with Gasteiger partial charge in [-0.15, -0.1) is 0 Å². The van der Waals surface area contributed by atoms with Gasteiger partial charge in [0, 0.05) is 25.2 Å². The highest BCUT2D eigenvalue weighted by atomic mass is 16.5. The van der Waals surface area contributed by atoms with Crippen molar-refractivity contribution in [3.63, 3.8) is 0 Å². The Balaban J connectivity index is 2.01. The van der Waals surface area contributed by atoms with E-state index in [1.807, 2.05) is 12.1 Å². The van der Waals surface area contributed by atoms with Gasteiger partial charge in [0.05, 0.1) is 13.2 Å². The molecule has 2 atom stereocenters. The van der Waals surface area contributed by atoms with E-state index in [1.165, 1.54) is 19.5 Å². The summed E-state index contributed by atoms with van der Waals surface area (Å²) in [4.78, 5) is 4.75.